The first-order chi connectivity index (χ1) is 37.7. The number of hydrogen-bond donors (Lipinski definition) is 5. The highest BCUT2D eigenvalue weighted by atomic mass is 35.5. The Bertz CT molecular complexity index is 3490. The fourth-order valence-corrected chi connectivity index (χ4v) is 11.2. The summed E-state index contributed by atoms with van der Waals surface area (Å²) in [5.74, 6) is 4.44. The maximum atomic E-state index is 16.1. The average Bonchev–Trinajstić information content (AvgIpc) is 4.12. The molecule has 0 spiro atoms. The molecule has 406 valence electrons. The van der Waals surface area contributed by atoms with E-state index in [1.807, 2.05) is 45.0 Å². The fourth-order valence-electron chi connectivity index (χ4n) is 11.0. The lowest BCUT2D eigenvalue weighted by Crippen LogP contribution is -2.51. The van der Waals surface area contributed by atoms with Gasteiger partial charge in [-0.25, -0.2) is 13.5 Å². The summed E-state index contributed by atoms with van der Waals surface area (Å²) in [7, 11) is 1.63. The molecule has 0 radical (unpaired) electrons. The van der Waals surface area contributed by atoms with Crippen molar-refractivity contribution in [3.8, 4) is 46.0 Å². The number of fused-ring (bicyclic) bond motifs is 4. The number of halogens is 3. The molecule has 11 rings (SSSR count). The predicted molar refractivity (Wildman–Crippen MR) is 288 cm³/mol. The number of hydrogen-bond acceptors (Lipinski definition) is 14. The fraction of sp³-hybridized carbons (Fsp3) is 0.421. The zero-order valence-corrected chi connectivity index (χ0v) is 44.5. The summed E-state index contributed by atoms with van der Waals surface area (Å²) >= 11 is 6.05. The van der Waals surface area contributed by atoms with E-state index in [2.05, 4.69) is 54.0 Å². The molecule has 7 aromatic rings. The number of aliphatic hydroxyl groups is 2. The number of aromatic amines is 1. The Hall–Kier alpha value is -7.28. The molecular weight excluding hydrogens is 1020 g/mol. The van der Waals surface area contributed by atoms with Crippen molar-refractivity contribution < 1.29 is 42.8 Å². The van der Waals surface area contributed by atoms with Crippen molar-refractivity contribution in [2.24, 2.45) is 5.92 Å². The summed E-state index contributed by atoms with van der Waals surface area (Å²) < 4.78 is 50.5. The molecule has 21 heteroatoms. The van der Waals surface area contributed by atoms with Gasteiger partial charge in [-0.15, -0.1) is 5.10 Å². The number of rotatable bonds is 17. The Labute approximate surface area is 453 Å². The minimum absolute atomic E-state index is 0.0413. The molecular formula is C57H60ClF2N11O7. The quantitative estimate of drug-likeness (QED) is 0.0595. The number of H-pyrrole nitrogens is 1. The predicted octanol–water partition coefficient (Wildman–Crippen LogP) is 6.78. The van der Waals surface area contributed by atoms with Gasteiger partial charge in [-0.05, 0) is 85.9 Å². The van der Waals surface area contributed by atoms with Crippen molar-refractivity contribution in [2.75, 3.05) is 44.9 Å². The number of methoxy groups -OCH3 is 1. The Morgan fingerprint density at radius 2 is 1.81 bits per heavy atom. The van der Waals surface area contributed by atoms with Gasteiger partial charge in [0.2, 0.25) is 11.8 Å². The molecule has 78 heavy (non-hydrogen) atoms. The van der Waals surface area contributed by atoms with E-state index in [0.29, 0.717) is 45.2 Å². The van der Waals surface area contributed by atoms with Gasteiger partial charge in [0.25, 0.3) is 0 Å². The molecule has 18 nitrogen and oxygen atoms in total. The number of anilines is 1. The van der Waals surface area contributed by atoms with Crippen molar-refractivity contribution in [1.82, 2.24) is 50.7 Å². The standard InChI is InChI=1S/C57H60ClF2N11O7/c1-29(2)52(56(75)70-24-39(73)18-47(70)55(74)63-36(26-72)16-15-35-7-6-8-43(59)50(35)58)71-25-46(67-68-71)34-11-9-32(10-12-34)28-77-53-49(48-31(4)44(60)20-45-42(48)22-62-66-45)40(33-13-14-33)19-41-51(53)64-57(78-27-30(3)76-5)65-54(41)69-23-37-17-38(69)21-61-37/h6-12,19-20,22,25,29-30,33,36-39,47,52,61,72-73H,13-14,17-18,21,23-24,26-28H2,1-5H3,(H,62,66)(H,63,74)/t30-,36+,37-,38-,39+,47-,52-/m0/s1. The number of amides is 2. The van der Waals surface area contributed by atoms with Gasteiger partial charge >= 0.3 is 6.01 Å². The van der Waals surface area contributed by atoms with Crippen LogP contribution >= 0.6 is 11.6 Å². The summed E-state index contributed by atoms with van der Waals surface area (Å²) in [5, 5.41) is 44.7. The molecule has 7 atom stereocenters. The van der Waals surface area contributed by atoms with Gasteiger partial charge in [0, 0.05) is 78.3 Å². The van der Waals surface area contributed by atoms with Crippen LogP contribution in [0.2, 0.25) is 5.02 Å². The van der Waals surface area contributed by atoms with Crippen LogP contribution in [0, 0.1) is 36.3 Å². The Morgan fingerprint density at radius 1 is 1.00 bits per heavy atom. The molecule has 5 N–H and O–H groups in total. The molecule has 2 bridgehead atoms. The lowest BCUT2D eigenvalue weighted by molar-refractivity contribution is -0.142. The zero-order chi connectivity index (χ0) is 54.5. The van der Waals surface area contributed by atoms with Crippen LogP contribution in [0.3, 0.4) is 0 Å². The lowest BCUT2D eigenvalue weighted by Gasteiger charge is -2.30. The van der Waals surface area contributed by atoms with Gasteiger partial charge in [0.15, 0.2) is 5.75 Å². The number of benzene rings is 4. The number of nitrogens with one attached hydrogen (secondary N) is 3. The highest BCUT2D eigenvalue weighted by molar-refractivity contribution is 6.31. The largest absolute Gasteiger partial charge is 0.486 e. The molecule has 1 saturated carbocycles. The van der Waals surface area contributed by atoms with Crippen LogP contribution in [0.4, 0.5) is 14.6 Å². The van der Waals surface area contributed by atoms with Gasteiger partial charge < -0.3 is 44.9 Å². The van der Waals surface area contributed by atoms with Crippen LogP contribution in [0.1, 0.15) is 80.7 Å². The summed E-state index contributed by atoms with van der Waals surface area (Å²) in [6.07, 6.45) is 5.07. The highest BCUT2D eigenvalue weighted by Gasteiger charge is 2.44. The third-order valence-electron chi connectivity index (χ3n) is 15.3. The van der Waals surface area contributed by atoms with Crippen molar-refractivity contribution >= 4 is 51.0 Å². The Balaban J connectivity index is 0.884. The lowest BCUT2D eigenvalue weighted by atomic mass is 9.88. The van der Waals surface area contributed by atoms with Crippen molar-refractivity contribution in [3.63, 3.8) is 0 Å². The molecule has 4 aliphatic rings. The van der Waals surface area contributed by atoms with E-state index >= 15 is 4.39 Å². The molecule has 2 amide bonds. The second kappa shape index (κ2) is 21.9. The number of carbonyl (C=O) groups is 2. The van der Waals surface area contributed by atoms with E-state index in [1.54, 1.807) is 26.4 Å². The van der Waals surface area contributed by atoms with Crippen LogP contribution < -0.4 is 25.0 Å². The SMILES string of the molecule is CO[C@@H](C)COc1nc(N2C[C@@H]3C[C@H]2CN3)c2cc(C3CC3)c(-c3c(C)c(F)cc4[nH]ncc34)c(OCc3ccc(-c4cn([C@H](C(=O)N5C[C@H](O)C[C@H]5C(=O)N[C@H](C#Cc5cccc(F)c5Cl)CO)C(C)C)nn4)cc3)c2n1. The maximum absolute atomic E-state index is 16.1. The minimum atomic E-state index is -1.08. The Morgan fingerprint density at radius 3 is 2.53 bits per heavy atom. The molecule has 1 aliphatic carbocycles. The maximum Gasteiger partial charge on any atom is 0.319 e. The summed E-state index contributed by atoms with van der Waals surface area (Å²) in [4.78, 5) is 42.1. The monoisotopic (exact) mass is 1080 g/mol. The number of β-amino-alcohol motifs (C(OH)–C–C–N with tert-alkyl or cyclic N) is 1. The van der Waals surface area contributed by atoms with Crippen LogP contribution in [-0.4, -0.2) is 138 Å². The second-order valence-electron chi connectivity index (χ2n) is 21.1. The number of carbonyl (C=O) groups excluding carboxylic acids is 2. The van der Waals surface area contributed by atoms with E-state index in [-0.39, 0.29) is 72.6 Å². The third-order valence-corrected chi connectivity index (χ3v) is 15.7. The van der Waals surface area contributed by atoms with Gasteiger partial charge in [0.05, 0.1) is 41.7 Å². The van der Waals surface area contributed by atoms with Crippen LogP contribution in [0.15, 0.2) is 67.0 Å². The third kappa shape index (κ3) is 10.3. The van der Waals surface area contributed by atoms with Crippen LogP contribution in [0.25, 0.3) is 44.2 Å². The zero-order valence-electron chi connectivity index (χ0n) is 43.8. The molecule has 3 aliphatic heterocycles. The van der Waals surface area contributed by atoms with Crippen LogP contribution in [0.5, 0.6) is 11.8 Å². The Kier molecular flexibility index (Phi) is 14.8. The van der Waals surface area contributed by atoms with Crippen molar-refractivity contribution in [3.05, 3.63) is 106 Å². The first-order valence-corrected chi connectivity index (χ1v) is 26.7. The number of piperazine rings is 1. The number of likely N-dealkylation sites (tertiary alicyclic amines) is 1. The van der Waals surface area contributed by atoms with Crippen molar-refractivity contribution in [1.29, 1.82) is 0 Å². The number of aliphatic hydroxyl groups excluding tert-OH is 2. The number of ether oxygens (including phenoxy) is 3. The topological polar surface area (TPSA) is 218 Å². The summed E-state index contributed by atoms with van der Waals surface area (Å²) in [6, 6.07) is 13.1. The van der Waals surface area contributed by atoms with Gasteiger partial charge in [-0.3, -0.25) is 14.7 Å². The number of aromatic nitrogens is 7. The van der Waals surface area contributed by atoms with E-state index in [4.69, 9.17) is 35.8 Å². The van der Waals surface area contributed by atoms with Crippen LogP contribution in [-0.2, 0) is 20.9 Å². The second-order valence-corrected chi connectivity index (χ2v) is 21.5. The highest BCUT2D eigenvalue weighted by Crippen LogP contribution is 2.53. The average molecular weight is 1080 g/mol. The van der Waals surface area contributed by atoms with Gasteiger partial charge in [0.1, 0.15) is 60.0 Å². The molecule has 3 saturated heterocycles. The first-order valence-electron chi connectivity index (χ1n) is 26.3. The molecule has 4 fully saturated rings. The molecule has 6 heterocycles. The molecule has 4 aromatic carbocycles. The molecule has 3 aromatic heterocycles. The minimum Gasteiger partial charge on any atom is -0.486 e. The normalized spacial score (nSPS) is 20.1. The summed E-state index contributed by atoms with van der Waals surface area (Å²) in [6.45, 7) is 8.66. The first kappa shape index (κ1) is 52.8. The van der Waals surface area contributed by atoms with E-state index in [9.17, 15) is 24.2 Å². The van der Waals surface area contributed by atoms with Gasteiger partial charge in [-0.2, -0.15) is 15.1 Å². The van der Waals surface area contributed by atoms with E-state index in [0.717, 1.165) is 65.6 Å². The van der Waals surface area contributed by atoms with E-state index < -0.39 is 48.5 Å². The molecule has 0 unspecified atom stereocenters. The van der Waals surface area contributed by atoms with E-state index in [1.165, 1.54) is 33.8 Å². The smallest absolute Gasteiger partial charge is 0.319 e. The van der Waals surface area contributed by atoms with Gasteiger partial charge in [-0.1, -0.05) is 72.8 Å². The van der Waals surface area contributed by atoms with Crippen molar-refractivity contribution in [2.45, 2.75) is 108 Å². The number of nitrogens with zero attached hydrogens (tertiary/aromatic N) is 8. The summed E-state index contributed by atoms with van der Waals surface area (Å²) in [5.41, 5.74) is 6.22.